The Balaban J connectivity index is 1.70. The van der Waals surface area contributed by atoms with Crippen molar-refractivity contribution >= 4 is 5.69 Å². The average molecular weight is 262 g/mol. The zero-order valence-corrected chi connectivity index (χ0v) is 12.4. The van der Waals surface area contributed by atoms with E-state index in [1.165, 1.54) is 24.9 Å². The Morgan fingerprint density at radius 2 is 2.16 bits per heavy atom. The molecule has 1 unspecified atom stereocenters. The zero-order chi connectivity index (χ0) is 13.7. The first-order chi connectivity index (χ1) is 9.15. The molecule has 106 valence electrons. The van der Waals surface area contributed by atoms with Crippen molar-refractivity contribution in [2.24, 2.45) is 0 Å². The number of hydrogen-bond acceptors (Lipinski definition) is 3. The van der Waals surface area contributed by atoms with E-state index in [0.717, 1.165) is 24.8 Å². The molecule has 1 aliphatic carbocycles. The van der Waals surface area contributed by atoms with Crippen LogP contribution in [-0.2, 0) is 0 Å². The Labute approximate surface area is 116 Å². The summed E-state index contributed by atoms with van der Waals surface area (Å²) < 4.78 is 5.97. The van der Waals surface area contributed by atoms with E-state index < -0.39 is 0 Å². The van der Waals surface area contributed by atoms with Gasteiger partial charge in [0.15, 0.2) is 0 Å². The molecule has 2 rings (SSSR count). The zero-order valence-electron chi connectivity index (χ0n) is 12.4. The van der Waals surface area contributed by atoms with E-state index in [0.29, 0.717) is 0 Å². The molecular weight excluding hydrogens is 236 g/mol. The van der Waals surface area contributed by atoms with Gasteiger partial charge >= 0.3 is 0 Å². The number of ether oxygens (including phenoxy) is 1. The molecule has 1 aliphatic rings. The minimum Gasteiger partial charge on any atom is -0.491 e. The van der Waals surface area contributed by atoms with Crippen molar-refractivity contribution in [3.63, 3.8) is 0 Å². The maximum Gasteiger partial charge on any atom is 0.121 e. The first-order valence-corrected chi connectivity index (χ1v) is 7.32. The van der Waals surface area contributed by atoms with Gasteiger partial charge in [0.05, 0.1) is 6.10 Å². The van der Waals surface area contributed by atoms with Gasteiger partial charge in [-0.3, -0.25) is 0 Å². The summed E-state index contributed by atoms with van der Waals surface area (Å²) in [6.45, 7) is 3.27. The number of nitrogens with zero attached hydrogens (tertiary/aromatic N) is 1. The van der Waals surface area contributed by atoms with Crippen LogP contribution in [0.4, 0.5) is 5.69 Å². The number of anilines is 1. The van der Waals surface area contributed by atoms with Gasteiger partial charge in [-0.05, 0) is 51.3 Å². The molecule has 0 aliphatic heterocycles. The van der Waals surface area contributed by atoms with E-state index in [2.05, 4.69) is 29.3 Å². The van der Waals surface area contributed by atoms with Crippen molar-refractivity contribution in [3.05, 3.63) is 24.3 Å². The van der Waals surface area contributed by atoms with Crippen LogP contribution in [0.3, 0.4) is 0 Å². The molecule has 0 aromatic heterocycles. The van der Waals surface area contributed by atoms with E-state index in [1.807, 2.05) is 26.2 Å². The summed E-state index contributed by atoms with van der Waals surface area (Å²) in [6, 6.07) is 9.08. The lowest BCUT2D eigenvalue weighted by atomic mass is 10.2. The quantitative estimate of drug-likeness (QED) is 0.729. The maximum atomic E-state index is 5.97. The van der Waals surface area contributed by atoms with Gasteiger partial charge in [0.1, 0.15) is 5.75 Å². The normalized spacial score (nSPS) is 16.2. The SMILES string of the molecule is CC(CCCNC1CC1)Oc1cccc(N(C)C)c1. The molecule has 1 aromatic carbocycles. The van der Waals surface area contributed by atoms with Crippen LogP contribution in [0, 0.1) is 0 Å². The minimum absolute atomic E-state index is 0.276. The highest BCUT2D eigenvalue weighted by molar-refractivity contribution is 5.49. The van der Waals surface area contributed by atoms with Crippen molar-refractivity contribution in [1.29, 1.82) is 0 Å². The second kappa shape index (κ2) is 6.80. The molecule has 1 aromatic rings. The smallest absolute Gasteiger partial charge is 0.121 e. The van der Waals surface area contributed by atoms with Crippen LogP contribution >= 0.6 is 0 Å². The average Bonchev–Trinajstić information content (AvgIpc) is 3.19. The second-order valence-corrected chi connectivity index (χ2v) is 5.69. The fraction of sp³-hybridized carbons (Fsp3) is 0.625. The monoisotopic (exact) mass is 262 g/mol. The van der Waals surface area contributed by atoms with Gasteiger partial charge in [0.2, 0.25) is 0 Å². The summed E-state index contributed by atoms with van der Waals surface area (Å²) in [4.78, 5) is 2.09. The van der Waals surface area contributed by atoms with Crippen LogP contribution in [0.2, 0.25) is 0 Å². The molecule has 0 bridgehead atoms. The number of benzene rings is 1. The predicted octanol–water partition coefficient (Wildman–Crippen LogP) is 3.05. The maximum absolute atomic E-state index is 5.97. The molecule has 1 N–H and O–H groups in total. The number of hydrogen-bond donors (Lipinski definition) is 1. The highest BCUT2D eigenvalue weighted by atomic mass is 16.5. The second-order valence-electron chi connectivity index (χ2n) is 5.69. The Morgan fingerprint density at radius 1 is 1.37 bits per heavy atom. The molecule has 0 saturated heterocycles. The Kier molecular flexibility index (Phi) is 5.08. The van der Waals surface area contributed by atoms with E-state index in [-0.39, 0.29) is 6.10 Å². The summed E-state index contributed by atoms with van der Waals surface area (Å²) in [7, 11) is 4.10. The lowest BCUT2D eigenvalue weighted by Gasteiger charge is -2.17. The first-order valence-electron chi connectivity index (χ1n) is 7.32. The highest BCUT2D eigenvalue weighted by Gasteiger charge is 2.19. The van der Waals surface area contributed by atoms with E-state index >= 15 is 0 Å². The molecule has 0 amide bonds. The molecule has 19 heavy (non-hydrogen) atoms. The third kappa shape index (κ3) is 5.11. The molecule has 3 nitrogen and oxygen atoms in total. The van der Waals surface area contributed by atoms with Crippen LogP contribution in [0.15, 0.2) is 24.3 Å². The molecule has 0 spiro atoms. The van der Waals surface area contributed by atoms with Crippen molar-refractivity contribution < 1.29 is 4.74 Å². The van der Waals surface area contributed by atoms with E-state index in [9.17, 15) is 0 Å². The highest BCUT2D eigenvalue weighted by Crippen LogP contribution is 2.21. The van der Waals surface area contributed by atoms with Crippen molar-refractivity contribution in [1.82, 2.24) is 5.32 Å². The lowest BCUT2D eigenvalue weighted by Crippen LogP contribution is -2.20. The third-order valence-electron chi connectivity index (χ3n) is 3.47. The predicted molar refractivity (Wildman–Crippen MR) is 81.1 cm³/mol. The number of nitrogens with one attached hydrogen (secondary N) is 1. The molecule has 0 radical (unpaired) electrons. The first kappa shape index (κ1) is 14.2. The fourth-order valence-electron chi connectivity index (χ4n) is 2.11. The fourth-order valence-corrected chi connectivity index (χ4v) is 2.11. The van der Waals surface area contributed by atoms with Crippen LogP contribution in [0.5, 0.6) is 5.75 Å². The summed E-state index contributed by atoms with van der Waals surface area (Å²) in [6.07, 6.45) is 5.29. The summed E-state index contributed by atoms with van der Waals surface area (Å²) >= 11 is 0. The van der Waals surface area contributed by atoms with Crippen LogP contribution in [0.25, 0.3) is 0 Å². The summed E-state index contributed by atoms with van der Waals surface area (Å²) in [5.74, 6) is 0.967. The standard InChI is InChI=1S/C16H26N2O/c1-13(6-5-11-17-14-9-10-14)19-16-8-4-7-15(12-16)18(2)3/h4,7-8,12-14,17H,5-6,9-11H2,1-3H3. The van der Waals surface area contributed by atoms with Gasteiger partial charge < -0.3 is 15.0 Å². The van der Waals surface area contributed by atoms with E-state index in [4.69, 9.17) is 4.74 Å². The number of rotatable bonds is 8. The molecule has 1 fully saturated rings. The van der Waals surface area contributed by atoms with Gasteiger partial charge in [0, 0.05) is 31.9 Å². The topological polar surface area (TPSA) is 24.5 Å². The van der Waals surface area contributed by atoms with Crippen LogP contribution in [-0.4, -0.2) is 32.8 Å². The minimum atomic E-state index is 0.276. The van der Waals surface area contributed by atoms with Gasteiger partial charge in [-0.15, -0.1) is 0 Å². The van der Waals surface area contributed by atoms with E-state index in [1.54, 1.807) is 0 Å². The third-order valence-corrected chi connectivity index (χ3v) is 3.47. The van der Waals surface area contributed by atoms with Crippen LogP contribution < -0.4 is 15.0 Å². The van der Waals surface area contributed by atoms with Crippen molar-refractivity contribution in [2.45, 2.75) is 44.8 Å². The molecule has 0 heterocycles. The van der Waals surface area contributed by atoms with Crippen molar-refractivity contribution in [3.8, 4) is 5.75 Å². The van der Waals surface area contributed by atoms with Crippen LogP contribution in [0.1, 0.15) is 32.6 Å². The molecule has 1 atom stereocenters. The Bertz CT molecular complexity index is 388. The molecule has 1 saturated carbocycles. The lowest BCUT2D eigenvalue weighted by molar-refractivity contribution is 0.207. The Hall–Kier alpha value is -1.22. The van der Waals surface area contributed by atoms with Gasteiger partial charge in [-0.1, -0.05) is 6.07 Å². The largest absolute Gasteiger partial charge is 0.491 e. The van der Waals surface area contributed by atoms with Gasteiger partial charge in [-0.2, -0.15) is 0 Å². The Morgan fingerprint density at radius 3 is 2.84 bits per heavy atom. The molecular formula is C16H26N2O. The summed E-state index contributed by atoms with van der Waals surface area (Å²) in [5.41, 5.74) is 1.18. The summed E-state index contributed by atoms with van der Waals surface area (Å²) in [5, 5.41) is 3.54. The molecule has 3 heteroatoms. The van der Waals surface area contributed by atoms with Gasteiger partial charge in [-0.25, -0.2) is 0 Å². The van der Waals surface area contributed by atoms with Crippen molar-refractivity contribution in [2.75, 3.05) is 25.5 Å². The van der Waals surface area contributed by atoms with Gasteiger partial charge in [0.25, 0.3) is 0 Å².